The fourth-order valence-electron chi connectivity index (χ4n) is 2.09. The number of nitrogens with one attached hydrogen (secondary N) is 1. The number of aryl methyl sites for hydroxylation is 1. The summed E-state index contributed by atoms with van der Waals surface area (Å²) in [6.45, 7) is 1.81. The predicted octanol–water partition coefficient (Wildman–Crippen LogP) is 1.83. The third-order valence-corrected chi connectivity index (χ3v) is 3.08. The minimum absolute atomic E-state index is 0.231. The van der Waals surface area contributed by atoms with E-state index in [9.17, 15) is 9.59 Å². The van der Waals surface area contributed by atoms with Crippen LogP contribution in [-0.4, -0.2) is 25.8 Å². The van der Waals surface area contributed by atoms with Crippen LogP contribution in [0.4, 0.5) is 0 Å². The first kappa shape index (κ1) is 12.9. The predicted molar refractivity (Wildman–Crippen MR) is 73.6 cm³/mol. The number of imidazole rings is 1. The molecule has 2 aromatic heterocycles. The zero-order chi connectivity index (χ0) is 15.0. The van der Waals surface area contributed by atoms with Crippen molar-refractivity contribution in [3.05, 3.63) is 58.5 Å². The molecule has 3 aromatic rings. The van der Waals surface area contributed by atoms with Gasteiger partial charge in [0.2, 0.25) is 5.76 Å². The molecule has 0 fully saturated rings. The van der Waals surface area contributed by atoms with Gasteiger partial charge in [0.15, 0.2) is 0 Å². The summed E-state index contributed by atoms with van der Waals surface area (Å²) in [7, 11) is 0. The highest BCUT2D eigenvalue weighted by Gasteiger charge is 2.13. The van der Waals surface area contributed by atoms with Gasteiger partial charge in [0, 0.05) is 23.5 Å². The number of nitrogens with zero attached hydrogens (tertiary/aromatic N) is 2. The zero-order valence-corrected chi connectivity index (χ0v) is 11.0. The lowest BCUT2D eigenvalue weighted by Crippen LogP contribution is -2.15. The molecule has 7 nitrogen and oxygen atoms in total. The van der Waals surface area contributed by atoms with Crippen LogP contribution >= 0.6 is 0 Å². The van der Waals surface area contributed by atoms with Crippen molar-refractivity contribution >= 4 is 5.97 Å². The number of benzene rings is 1. The van der Waals surface area contributed by atoms with Crippen molar-refractivity contribution in [3.63, 3.8) is 0 Å². The Labute approximate surface area is 118 Å². The van der Waals surface area contributed by atoms with Gasteiger partial charge in [-0.25, -0.2) is 9.59 Å². The normalized spacial score (nSPS) is 10.7. The van der Waals surface area contributed by atoms with Gasteiger partial charge in [-0.1, -0.05) is 17.3 Å². The molecule has 0 radical (unpaired) electrons. The number of aromatic nitrogens is 3. The first-order chi connectivity index (χ1) is 10.1. The number of aromatic amines is 1. The Kier molecular flexibility index (Phi) is 2.94. The van der Waals surface area contributed by atoms with Crippen molar-refractivity contribution in [2.75, 3.05) is 0 Å². The van der Waals surface area contributed by atoms with Gasteiger partial charge in [0.05, 0.1) is 5.69 Å². The van der Waals surface area contributed by atoms with Gasteiger partial charge in [0.1, 0.15) is 5.69 Å². The van der Waals surface area contributed by atoms with Crippen LogP contribution in [0.5, 0.6) is 0 Å². The van der Waals surface area contributed by atoms with E-state index in [0.717, 1.165) is 5.69 Å². The number of H-pyrrole nitrogens is 1. The van der Waals surface area contributed by atoms with Gasteiger partial charge >= 0.3 is 11.7 Å². The Morgan fingerprint density at radius 2 is 2.19 bits per heavy atom. The summed E-state index contributed by atoms with van der Waals surface area (Å²) in [5, 5.41) is 12.6. The van der Waals surface area contributed by atoms with E-state index in [0.29, 0.717) is 16.9 Å². The highest BCUT2D eigenvalue weighted by atomic mass is 16.5. The molecule has 3 rings (SSSR count). The van der Waals surface area contributed by atoms with Gasteiger partial charge in [-0.3, -0.25) is 4.57 Å². The molecule has 0 unspecified atom stereocenters. The Morgan fingerprint density at radius 1 is 1.38 bits per heavy atom. The SMILES string of the molecule is Cc1c[nH]c(=O)n1-c1cccc(-c2cc(C(=O)O)on2)c1. The Hall–Kier alpha value is -3.09. The first-order valence-electron chi connectivity index (χ1n) is 6.14. The molecule has 2 heterocycles. The second-order valence-corrected chi connectivity index (χ2v) is 4.50. The fraction of sp³-hybridized carbons (Fsp3) is 0.0714. The van der Waals surface area contributed by atoms with Crippen molar-refractivity contribution in [2.24, 2.45) is 0 Å². The number of hydrogen-bond acceptors (Lipinski definition) is 4. The number of carbonyl (C=O) groups is 1. The summed E-state index contributed by atoms with van der Waals surface area (Å²) in [5.41, 5.74) is 2.25. The Bertz CT molecular complexity index is 872. The number of carboxylic acid groups (broad SMARTS) is 1. The van der Waals surface area contributed by atoms with E-state index in [1.54, 1.807) is 30.5 Å². The van der Waals surface area contributed by atoms with E-state index in [-0.39, 0.29) is 11.4 Å². The van der Waals surface area contributed by atoms with Crippen LogP contribution in [0.25, 0.3) is 16.9 Å². The van der Waals surface area contributed by atoms with Crippen LogP contribution in [0.1, 0.15) is 16.2 Å². The van der Waals surface area contributed by atoms with Crippen LogP contribution < -0.4 is 5.69 Å². The molecule has 0 aliphatic heterocycles. The van der Waals surface area contributed by atoms with Gasteiger partial charge in [0.25, 0.3) is 0 Å². The molecule has 0 spiro atoms. The van der Waals surface area contributed by atoms with E-state index in [2.05, 4.69) is 10.1 Å². The van der Waals surface area contributed by atoms with E-state index >= 15 is 0 Å². The molecule has 0 atom stereocenters. The van der Waals surface area contributed by atoms with Gasteiger partial charge in [-0.05, 0) is 19.1 Å². The number of hydrogen-bond donors (Lipinski definition) is 2. The van der Waals surface area contributed by atoms with Gasteiger partial charge in [-0.2, -0.15) is 0 Å². The van der Waals surface area contributed by atoms with Crippen LogP contribution in [0, 0.1) is 6.92 Å². The van der Waals surface area contributed by atoms with Crippen LogP contribution in [0.15, 0.2) is 45.8 Å². The molecule has 0 aliphatic carbocycles. The van der Waals surface area contributed by atoms with Crippen molar-refractivity contribution in [1.29, 1.82) is 0 Å². The van der Waals surface area contributed by atoms with Gasteiger partial charge < -0.3 is 14.6 Å². The largest absolute Gasteiger partial charge is 0.475 e. The number of carboxylic acids is 1. The average Bonchev–Trinajstić information content (AvgIpc) is 3.07. The standard InChI is InChI=1S/C14H11N3O4/c1-8-7-15-14(20)17(8)10-4-2-3-9(5-10)11-6-12(13(18)19)21-16-11/h2-7H,1H3,(H,15,20)(H,18,19). The topological polar surface area (TPSA) is 101 Å². The molecule has 0 saturated heterocycles. The highest BCUT2D eigenvalue weighted by molar-refractivity contribution is 5.85. The highest BCUT2D eigenvalue weighted by Crippen LogP contribution is 2.22. The minimum atomic E-state index is -1.18. The molecule has 0 bridgehead atoms. The van der Waals surface area contributed by atoms with Crippen LogP contribution in [-0.2, 0) is 0 Å². The second-order valence-electron chi connectivity index (χ2n) is 4.50. The first-order valence-corrected chi connectivity index (χ1v) is 6.14. The van der Waals surface area contributed by atoms with Crippen molar-refractivity contribution in [3.8, 4) is 16.9 Å². The quantitative estimate of drug-likeness (QED) is 0.764. The maximum atomic E-state index is 11.8. The summed E-state index contributed by atoms with van der Waals surface area (Å²) in [5.74, 6) is -1.41. The molecular formula is C14H11N3O4. The smallest absolute Gasteiger partial charge is 0.374 e. The molecule has 0 saturated carbocycles. The molecule has 106 valence electrons. The van der Waals surface area contributed by atoms with E-state index in [4.69, 9.17) is 9.63 Å². The summed E-state index contributed by atoms with van der Waals surface area (Å²) < 4.78 is 6.25. The Balaban J connectivity index is 2.08. The van der Waals surface area contributed by atoms with E-state index in [1.807, 2.05) is 6.92 Å². The van der Waals surface area contributed by atoms with Crippen molar-refractivity contribution < 1.29 is 14.4 Å². The van der Waals surface area contributed by atoms with Crippen LogP contribution in [0.2, 0.25) is 0 Å². The van der Waals surface area contributed by atoms with Crippen molar-refractivity contribution in [2.45, 2.75) is 6.92 Å². The maximum Gasteiger partial charge on any atom is 0.374 e. The molecule has 21 heavy (non-hydrogen) atoms. The van der Waals surface area contributed by atoms with E-state index < -0.39 is 5.97 Å². The molecule has 0 amide bonds. The monoisotopic (exact) mass is 285 g/mol. The molecular weight excluding hydrogens is 274 g/mol. The molecule has 7 heteroatoms. The average molecular weight is 285 g/mol. The maximum absolute atomic E-state index is 11.8. The molecule has 1 aromatic carbocycles. The Morgan fingerprint density at radius 3 is 2.81 bits per heavy atom. The minimum Gasteiger partial charge on any atom is -0.475 e. The summed E-state index contributed by atoms with van der Waals surface area (Å²) in [4.78, 5) is 25.2. The summed E-state index contributed by atoms with van der Waals surface area (Å²) in [6.07, 6.45) is 1.62. The zero-order valence-electron chi connectivity index (χ0n) is 11.0. The lowest BCUT2D eigenvalue weighted by atomic mass is 10.1. The van der Waals surface area contributed by atoms with Crippen molar-refractivity contribution in [1.82, 2.24) is 14.7 Å². The third-order valence-electron chi connectivity index (χ3n) is 3.08. The fourth-order valence-corrected chi connectivity index (χ4v) is 2.09. The lowest BCUT2D eigenvalue weighted by molar-refractivity contribution is 0.0652. The van der Waals surface area contributed by atoms with Gasteiger partial charge in [-0.15, -0.1) is 0 Å². The summed E-state index contributed by atoms with van der Waals surface area (Å²) >= 11 is 0. The molecule has 0 aliphatic rings. The number of aromatic carboxylic acids is 1. The van der Waals surface area contributed by atoms with E-state index in [1.165, 1.54) is 10.6 Å². The van der Waals surface area contributed by atoms with Crippen LogP contribution in [0.3, 0.4) is 0 Å². The lowest BCUT2D eigenvalue weighted by Gasteiger charge is -2.05. The second kappa shape index (κ2) is 4.78. The summed E-state index contributed by atoms with van der Waals surface area (Å²) in [6, 6.07) is 8.39. The third kappa shape index (κ3) is 2.25. The number of rotatable bonds is 3. The molecule has 2 N–H and O–H groups in total.